The molecular weight excluding hydrogens is 359 g/mol. The first-order valence-corrected chi connectivity index (χ1v) is 9.28. The normalized spacial score (nSPS) is 15.0. The molecule has 1 fully saturated rings. The first-order valence-electron chi connectivity index (χ1n) is 9.28. The van der Waals surface area contributed by atoms with Crippen LogP contribution in [0, 0.1) is 12.7 Å². The lowest BCUT2D eigenvalue weighted by atomic mass is 10.2. The number of piperazine rings is 1. The molecule has 3 aromatic rings. The summed E-state index contributed by atoms with van der Waals surface area (Å²) in [5.74, 6) is 1.53. The molecule has 0 unspecified atom stereocenters. The van der Waals surface area contributed by atoms with Crippen LogP contribution in [0.4, 0.5) is 10.2 Å². The fourth-order valence-corrected chi connectivity index (χ4v) is 3.35. The average Bonchev–Trinajstić information content (AvgIpc) is 3.15. The van der Waals surface area contributed by atoms with Crippen molar-refractivity contribution in [2.45, 2.75) is 13.5 Å². The van der Waals surface area contributed by atoms with Crippen LogP contribution in [0.15, 0.2) is 42.6 Å². The summed E-state index contributed by atoms with van der Waals surface area (Å²) in [6, 6.07) is 11.0. The minimum absolute atomic E-state index is 0.279. The van der Waals surface area contributed by atoms with Gasteiger partial charge in [0.25, 0.3) is 0 Å². The third kappa shape index (κ3) is 3.96. The molecule has 0 radical (unpaired) electrons. The van der Waals surface area contributed by atoms with E-state index in [2.05, 4.69) is 25.1 Å². The summed E-state index contributed by atoms with van der Waals surface area (Å²) >= 11 is 0. The average molecular weight is 382 g/mol. The molecular formula is C20H23FN6O. The Morgan fingerprint density at radius 1 is 1.00 bits per heavy atom. The van der Waals surface area contributed by atoms with Crippen molar-refractivity contribution in [1.29, 1.82) is 0 Å². The molecule has 0 atom stereocenters. The summed E-state index contributed by atoms with van der Waals surface area (Å²) in [5.41, 5.74) is 1.89. The number of nitrogens with zero attached hydrogens (tertiary/aromatic N) is 6. The number of aryl methyl sites for hydroxylation is 1. The number of halogens is 1. The molecule has 0 spiro atoms. The molecule has 3 heterocycles. The molecule has 7 nitrogen and oxygen atoms in total. The van der Waals surface area contributed by atoms with E-state index in [1.54, 1.807) is 16.8 Å². The zero-order chi connectivity index (χ0) is 19.5. The lowest BCUT2D eigenvalue weighted by Gasteiger charge is -2.35. The van der Waals surface area contributed by atoms with Gasteiger partial charge in [0.2, 0.25) is 0 Å². The van der Waals surface area contributed by atoms with E-state index < -0.39 is 0 Å². The molecule has 0 amide bonds. The van der Waals surface area contributed by atoms with Gasteiger partial charge >= 0.3 is 0 Å². The van der Waals surface area contributed by atoms with Crippen LogP contribution < -0.4 is 9.64 Å². The lowest BCUT2D eigenvalue weighted by Crippen LogP contribution is -2.46. The molecule has 0 aliphatic carbocycles. The van der Waals surface area contributed by atoms with E-state index >= 15 is 0 Å². The Morgan fingerprint density at radius 3 is 2.36 bits per heavy atom. The van der Waals surface area contributed by atoms with Crippen molar-refractivity contribution in [3.8, 4) is 11.6 Å². The monoisotopic (exact) mass is 382 g/mol. The van der Waals surface area contributed by atoms with Gasteiger partial charge in [-0.3, -0.25) is 4.90 Å². The molecule has 146 valence electrons. The highest BCUT2D eigenvalue weighted by Gasteiger charge is 2.19. The number of anilines is 1. The minimum atomic E-state index is -0.318. The van der Waals surface area contributed by atoms with Gasteiger partial charge in [0.05, 0.1) is 12.8 Å². The second-order valence-electron chi connectivity index (χ2n) is 6.88. The van der Waals surface area contributed by atoms with Gasteiger partial charge < -0.3 is 9.64 Å². The number of methoxy groups -OCH3 is 1. The largest absolute Gasteiger partial charge is 0.494 e. The van der Waals surface area contributed by atoms with E-state index in [9.17, 15) is 4.39 Å². The maximum absolute atomic E-state index is 13.9. The van der Waals surface area contributed by atoms with Crippen LogP contribution in [-0.4, -0.2) is 58.2 Å². The number of aromatic nitrogens is 4. The van der Waals surface area contributed by atoms with E-state index in [0.29, 0.717) is 5.82 Å². The molecule has 1 saturated heterocycles. The number of hydrogen-bond donors (Lipinski definition) is 0. The molecule has 8 heteroatoms. The zero-order valence-corrected chi connectivity index (χ0v) is 16.0. The second-order valence-corrected chi connectivity index (χ2v) is 6.88. The molecule has 4 rings (SSSR count). The fraction of sp³-hybridized carbons (Fsp3) is 0.350. The summed E-state index contributed by atoms with van der Waals surface area (Å²) in [4.78, 5) is 4.53. The molecule has 0 bridgehead atoms. The summed E-state index contributed by atoms with van der Waals surface area (Å²) < 4.78 is 20.6. The maximum atomic E-state index is 13.9. The van der Waals surface area contributed by atoms with Crippen molar-refractivity contribution < 1.29 is 9.13 Å². The second kappa shape index (κ2) is 7.93. The van der Waals surface area contributed by atoms with Crippen molar-refractivity contribution in [2.75, 3.05) is 38.2 Å². The molecule has 1 aliphatic heterocycles. The highest BCUT2D eigenvalue weighted by molar-refractivity contribution is 5.40. The van der Waals surface area contributed by atoms with E-state index in [4.69, 9.17) is 4.74 Å². The first kappa shape index (κ1) is 18.4. The Hall–Kier alpha value is -3.00. The summed E-state index contributed by atoms with van der Waals surface area (Å²) in [7, 11) is 1.48. The molecule has 28 heavy (non-hydrogen) atoms. The van der Waals surface area contributed by atoms with Crippen molar-refractivity contribution in [3.05, 3.63) is 59.7 Å². The van der Waals surface area contributed by atoms with Crippen LogP contribution in [0.1, 0.15) is 11.3 Å². The van der Waals surface area contributed by atoms with Crippen LogP contribution in [0.25, 0.3) is 5.82 Å². The van der Waals surface area contributed by atoms with Crippen LogP contribution in [0.5, 0.6) is 5.75 Å². The Kier molecular flexibility index (Phi) is 5.21. The lowest BCUT2D eigenvalue weighted by molar-refractivity contribution is 0.248. The van der Waals surface area contributed by atoms with Crippen molar-refractivity contribution >= 4 is 5.82 Å². The third-order valence-corrected chi connectivity index (χ3v) is 4.91. The number of rotatable bonds is 5. The van der Waals surface area contributed by atoms with Crippen LogP contribution in [0.3, 0.4) is 0 Å². The van der Waals surface area contributed by atoms with E-state index in [-0.39, 0.29) is 11.6 Å². The van der Waals surface area contributed by atoms with Crippen molar-refractivity contribution in [3.63, 3.8) is 0 Å². The first-order chi connectivity index (χ1) is 13.6. The van der Waals surface area contributed by atoms with Crippen molar-refractivity contribution in [1.82, 2.24) is 24.9 Å². The topological polar surface area (TPSA) is 59.3 Å². The maximum Gasteiger partial charge on any atom is 0.175 e. The van der Waals surface area contributed by atoms with Crippen LogP contribution in [-0.2, 0) is 6.54 Å². The van der Waals surface area contributed by atoms with Gasteiger partial charge in [-0.15, -0.1) is 10.2 Å². The fourth-order valence-electron chi connectivity index (χ4n) is 3.35. The number of benzene rings is 1. The number of ether oxygens (including phenoxy) is 1. The SMILES string of the molecule is COc1ccc(CN2CCN(c3ccc(-n4ccc(C)n4)nn3)CC2)cc1F. The van der Waals surface area contributed by atoms with Gasteiger partial charge in [-0.05, 0) is 42.8 Å². The molecule has 1 aromatic carbocycles. The molecule has 2 aromatic heterocycles. The minimum Gasteiger partial charge on any atom is -0.494 e. The number of hydrogen-bond acceptors (Lipinski definition) is 6. The Bertz CT molecular complexity index is 934. The smallest absolute Gasteiger partial charge is 0.175 e. The van der Waals surface area contributed by atoms with E-state index in [0.717, 1.165) is 49.8 Å². The van der Waals surface area contributed by atoms with E-state index in [1.807, 2.05) is 37.4 Å². The Labute approximate surface area is 163 Å². The Morgan fingerprint density at radius 2 is 1.75 bits per heavy atom. The third-order valence-electron chi connectivity index (χ3n) is 4.91. The van der Waals surface area contributed by atoms with Gasteiger partial charge in [-0.1, -0.05) is 6.07 Å². The quantitative estimate of drug-likeness (QED) is 0.676. The van der Waals surface area contributed by atoms with Crippen molar-refractivity contribution in [2.24, 2.45) is 0 Å². The Balaban J connectivity index is 1.34. The predicted molar refractivity (Wildman–Crippen MR) is 104 cm³/mol. The zero-order valence-electron chi connectivity index (χ0n) is 16.0. The van der Waals surface area contributed by atoms with E-state index in [1.165, 1.54) is 7.11 Å². The van der Waals surface area contributed by atoms with Gasteiger partial charge in [-0.25, -0.2) is 9.07 Å². The summed E-state index contributed by atoms with van der Waals surface area (Å²) in [5, 5.41) is 13.0. The summed E-state index contributed by atoms with van der Waals surface area (Å²) in [6.45, 7) is 6.14. The highest BCUT2D eigenvalue weighted by atomic mass is 19.1. The van der Waals surface area contributed by atoms with Gasteiger partial charge in [0.15, 0.2) is 23.2 Å². The van der Waals surface area contributed by atoms with Gasteiger partial charge in [0, 0.05) is 38.9 Å². The molecule has 1 aliphatic rings. The predicted octanol–water partition coefficient (Wildman–Crippen LogP) is 2.44. The molecule has 0 saturated carbocycles. The van der Waals surface area contributed by atoms with Crippen LogP contribution in [0.2, 0.25) is 0 Å². The highest BCUT2D eigenvalue weighted by Crippen LogP contribution is 2.20. The van der Waals surface area contributed by atoms with Gasteiger partial charge in [-0.2, -0.15) is 5.10 Å². The summed E-state index contributed by atoms with van der Waals surface area (Å²) in [6.07, 6.45) is 1.87. The standard InChI is InChI=1S/C20H23FN6O/c1-15-7-8-27(24-15)20-6-5-19(22-23-20)26-11-9-25(10-12-26)14-16-3-4-18(28-2)17(21)13-16/h3-8,13H,9-12,14H2,1-2H3. The van der Waals surface area contributed by atoms with Gasteiger partial charge in [0.1, 0.15) is 0 Å². The van der Waals surface area contributed by atoms with Crippen LogP contribution >= 0.6 is 0 Å². The molecule has 0 N–H and O–H groups in total.